The number of hydrogen-bond donors (Lipinski definition) is 0. The quantitative estimate of drug-likeness (QED) is 0.787. The van der Waals surface area contributed by atoms with Crippen LogP contribution in [0.3, 0.4) is 0 Å². The largest absolute Gasteiger partial charge is 0.381 e. The molecule has 2 aliphatic rings. The number of fused-ring (bicyclic) bond motifs is 1. The second-order valence-corrected chi connectivity index (χ2v) is 7.98. The number of likely N-dealkylation sites (tertiary alicyclic amines) is 1. The third-order valence-corrected chi connectivity index (χ3v) is 6.70. The summed E-state index contributed by atoms with van der Waals surface area (Å²) in [6.45, 7) is 5.20. The lowest BCUT2D eigenvalue weighted by molar-refractivity contribution is 0.00233. The van der Waals surface area contributed by atoms with Crippen LogP contribution >= 0.6 is 0 Å². The Morgan fingerprint density at radius 3 is 2.77 bits per heavy atom. The van der Waals surface area contributed by atoms with Crippen LogP contribution in [0.5, 0.6) is 0 Å². The Kier molecular flexibility index (Phi) is 4.28. The first kappa shape index (κ1) is 15.9. The minimum absolute atomic E-state index is 0.0225. The third-order valence-electron chi connectivity index (χ3n) is 4.89. The van der Waals surface area contributed by atoms with Crippen LogP contribution in [-0.4, -0.2) is 72.6 Å². The van der Waals surface area contributed by atoms with Gasteiger partial charge in [-0.25, -0.2) is 13.4 Å². The number of rotatable bonds is 4. The van der Waals surface area contributed by atoms with E-state index in [1.165, 1.54) is 6.33 Å². The average molecular weight is 328 g/mol. The molecular formula is C14H24N4O3S. The molecule has 2 fully saturated rings. The number of aryl methyl sites for hydroxylation is 1. The van der Waals surface area contributed by atoms with Crippen LogP contribution in [-0.2, 0) is 21.8 Å². The van der Waals surface area contributed by atoms with Gasteiger partial charge in [0.2, 0.25) is 0 Å². The SMILES string of the molecule is CCN1C[C@H]2[C@H](OC)CCN(S(=O)(=O)c3cn(C)cn3)[C@H]2C1. The first-order valence-electron chi connectivity index (χ1n) is 7.72. The lowest BCUT2D eigenvalue weighted by Crippen LogP contribution is -2.53. The third kappa shape index (κ3) is 2.58. The zero-order chi connectivity index (χ0) is 15.9. The Balaban J connectivity index is 1.91. The minimum atomic E-state index is -3.54. The van der Waals surface area contributed by atoms with Crippen molar-refractivity contribution in [1.29, 1.82) is 0 Å². The van der Waals surface area contributed by atoms with Gasteiger partial charge in [0, 0.05) is 51.9 Å². The molecule has 1 aromatic rings. The van der Waals surface area contributed by atoms with E-state index in [1.807, 2.05) is 0 Å². The number of piperidine rings is 1. The molecule has 0 aliphatic carbocycles. The van der Waals surface area contributed by atoms with E-state index in [0.717, 1.165) is 26.1 Å². The maximum absolute atomic E-state index is 12.9. The van der Waals surface area contributed by atoms with E-state index in [-0.39, 0.29) is 23.1 Å². The van der Waals surface area contributed by atoms with Gasteiger partial charge in [-0.3, -0.25) is 0 Å². The summed E-state index contributed by atoms with van der Waals surface area (Å²) in [7, 11) is -0.0399. The van der Waals surface area contributed by atoms with Gasteiger partial charge in [0.1, 0.15) is 0 Å². The Labute approximate surface area is 131 Å². The van der Waals surface area contributed by atoms with Gasteiger partial charge < -0.3 is 14.2 Å². The summed E-state index contributed by atoms with van der Waals surface area (Å²) >= 11 is 0. The first-order valence-corrected chi connectivity index (χ1v) is 9.16. The van der Waals surface area contributed by atoms with Gasteiger partial charge in [0.25, 0.3) is 10.0 Å². The number of ether oxygens (including phenoxy) is 1. The Morgan fingerprint density at radius 1 is 1.41 bits per heavy atom. The predicted octanol–water partition coefficient (Wildman–Crippen LogP) is 0.150. The van der Waals surface area contributed by atoms with E-state index in [4.69, 9.17) is 4.74 Å². The molecule has 0 spiro atoms. The van der Waals surface area contributed by atoms with Crippen molar-refractivity contribution in [2.75, 3.05) is 33.3 Å². The van der Waals surface area contributed by atoms with Crippen molar-refractivity contribution in [3.05, 3.63) is 12.5 Å². The first-order chi connectivity index (χ1) is 10.5. The van der Waals surface area contributed by atoms with Crippen molar-refractivity contribution in [3.8, 4) is 0 Å². The second-order valence-electron chi connectivity index (χ2n) is 6.14. The number of aromatic nitrogens is 2. The summed E-state index contributed by atoms with van der Waals surface area (Å²) in [5, 5.41) is 0.138. The molecule has 0 aromatic carbocycles. The molecule has 0 bridgehead atoms. The standard InChI is InChI=1S/C14H24N4O3S/c1-4-17-7-11-12(8-17)18(6-5-13(11)21-3)22(19,20)14-9-16(2)10-15-14/h9-13H,4-8H2,1-3H3/t11-,12+,13-/m1/s1. The van der Waals surface area contributed by atoms with Gasteiger partial charge in [-0.1, -0.05) is 6.92 Å². The molecule has 2 saturated heterocycles. The highest BCUT2D eigenvalue weighted by atomic mass is 32.2. The summed E-state index contributed by atoms with van der Waals surface area (Å²) in [6, 6.07) is -0.0225. The monoisotopic (exact) mass is 328 g/mol. The summed E-state index contributed by atoms with van der Waals surface area (Å²) in [6.07, 6.45) is 3.97. The molecule has 3 atom stereocenters. The maximum Gasteiger partial charge on any atom is 0.262 e. The van der Waals surface area contributed by atoms with Crippen molar-refractivity contribution in [3.63, 3.8) is 0 Å². The molecule has 124 valence electrons. The number of hydrogen-bond acceptors (Lipinski definition) is 5. The highest BCUT2D eigenvalue weighted by Gasteiger charge is 2.48. The summed E-state index contributed by atoms with van der Waals surface area (Å²) in [5.74, 6) is 0.234. The van der Waals surface area contributed by atoms with Crippen LogP contribution < -0.4 is 0 Å². The molecule has 7 nitrogen and oxygen atoms in total. The molecule has 0 saturated carbocycles. The fourth-order valence-corrected chi connectivity index (χ4v) is 5.34. The zero-order valence-corrected chi connectivity index (χ0v) is 14.2. The topological polar surface area (TPSA) is 67.7 Å². The molecule has 0 radical (unpaired) electrons. The molecule has 0 amide bonds. The van der Waals surface area contributed by atoms with E-state index < -0.39 is 10.0 Å². The number of nitrogens with zero attached hydrogens (tertiary/aromatic N) is 4. The molecule has 3 heterocycles. The van der Waals surface area contributed by atoms with Gasteiger partial charge in [0.05, 0.1) is 12.4 Å². The molecular weight excluding hydrogens is 304 g/mol. The Morgan fingerprint density at radius 2 is 2.18 bits per heavy atom. The van der Waals surface area contributed by atoms with Crippen molar-refractivity contribution < 1.29 is 13.2 Å². The maximum atomic E-state index is 12.9. The van der Waals surface area contributed by atoms with Crippen LogP contribution in [0.15, 0.2) is 17.6 Å². The summed E-state index contributed by atoms with van der Waals surface area (Å²) < 4.78 is 34.8. The van der Waals surface area contributed by atoms with E-state index in [9.17, 15) is 8.42 Å². The van der Waals surface area contributed by atoms with Gasteiger partial charge in [-0.05, 0) is 13.0 Å². The lowest BCUT2D eigenvalue weighted by atomic mass is 9.91. The molecule has 3 rings (SSSR count). The number of imidazole rings is 1. The molecule has 8 heteroatoms. The minimum Gasteiger partial charge on any atom is -0.381 e. The van der Waals surface area contributed by atoms with Crippen LogP contribution in [0.25, 0.3) is 0 Å². The van der Waals surface area contributed by atoms with Crippen molar-refractivity contribution >= 4 is 10.0 Å². The molecule has 2 aliphatic heterocycles. The van der Waals surface area contributed by atoms with Gasteiger partial charge in [-0.15, -0.1) is 0 Å². The van der Waals surface area contributed by atoms with Crippen molar-refractivity contribution in [2.45, 2.75) is 30.5 Å². The molecule has 0 unspecified atom stereocenters. The van der Waals surface area contributed by atoms with E-state index >= 15 is 0 Å². The number of likely N-dealkylation sites (N-methyl/N-ethyl adjacent to an activating group) is 1. The molecule has 1 aromatic heterocycles. The Bertz CT molecular complexity index is 630. The van der Waals surface area contributed by atoms with Crippen LogP contribution in [0, 0.1) is 5.92 Å². The van der Waals surface area contributed by atoms with Gasteiger partial charge in [-0.2, -0.15) is 4.31 Å². The van der Waals surface area contributed by atoms with Gasteiger partial charge >= 0.3 is 0 Å². The Hall–Kier alpha value is -0.960. The average Bonchev–Trinajstić information content (AvgIpc) is 3.12. The molecule has 22 heavy (non-hydrogen) atoms. The smallest absolute Gasteiger partial charge is 0.262 e. The highest BCUT2D eigenvalue weighted by molar-refractivity contribution is 7.89. The van der Waals surface area contributed by atoms with Gasteiger partial charge in [0.15, 0.2) is 5.03 Å². The zero-order valence-electron chi connectivity index (χ0n) is 13.3. The van der Waals surface area contributed by atoms with Crippen molar-refractivity contribution in [2.24, 2.45) is 13.0 Å². The highest BCUT2D eigenvalue weighted by Crippen LogP contribution is 2.35. The van der Waals surface area contributed by atoms with E-state index in [1.54, 1.807) is 29.2 Å². The number of methoxy groups -OCH3 is 1. The fourth-order valence-electron chi connectivity index (χ4n) is 3.69. The summed E-state index contributed by atoms with van der Waals surface area (Å²) in [5.41, 5.74) is 0. The lowest BCUT2D eigenvalue weighted by Gasteiger charge is -2.39. The van der Waals surface area contributed by atoms with Crippen LogP contribution in [0.1, 0.15) is 13.3 Å². The van der Waals surface area contributed by atoms with E-state index in [2.05, 4.69) is 16.8 Å². The predicted molar refractivity (Wildman–Crippen MR) is 81.9 cm³/mol. The van der Waals surface area contributed by atoms with Crippen molar-refractivity contribution in [1.82, 2.24) is 18.8 Å². The van der Waals surface area contributed by atoms with E-state index in [0.29, 0.717) is 6.54 Å². The molecule has 0 N–H and O–H groups in total. The summed E-state index contributed by atoms with van der Waals surface area (Å²) in [4.78, 5) is 6.34. The normalized spacial score (nSPS) is 30.6. The van der Waals surface area contributed by atoms with Crippen LogP contribution in [0.2, 0.25) is 0 Å². The second kappa shape index (κ2) is 5.92. The number of sulfonamides is 1. The van der Waals surface area contributed by atoms with Crippen LogP contribution in [0.4, 0.5) is 0 Å². The fraction of sp³-hybridized carbons (Fsp3) is 0.786.